The van der Waals surface area contributed by atoms with E-state index < -0.39 is 11.6 Å². The Morgan fingerprint density at radius 3 is 2.75 bits per heavy atom. The van der Waals surface area contributed by atoms with Gasteiger partial charge in [-0.05, 0) is 76.3 Å². The highest BCUT2D eigenvalue weighted by atomic mass is 16.5. The predicted molar refractivity (Wildman–Crippen MR) is 119 cm³/mol. The van der Waals surface area contributed by atoms with Crippen molar-refractivity contribution in [2.45, 2.75) is 89.1 Å². The number of carbonyl (C=O) groups excluding carboxylic acids is 2. The summed E-state index contributed by atoms with van der Waals surface area (Å²) in [6.45, 7) is 4.75. The van der Waals surface area contributed by atoms with Gasteiger partial charge in [-0.2, -0.15) is 0 Å². The van der Waals surface area contributed by atoms with Gasteiger partial charge in [-0.15, -0.1) is 4.99 Å². The van der Waals surface area contributed by atoms with Crippen LogP contribution in [0.4, 0.5) is 0 Å². The number of aliphatic hydroxyl groups is 2. The Bertz CT molecular complexity index is 907. The summed E-state index contributed by atoms with van der Waals surface area (Å²) in [6, 6.07) is 5.29. The maximum absolute atomic E-state index is 12.9. The monoisotopic (exact) mass is 444 g/mol. The largest absolute Gasteiger partial charge is 0.489 e. The summed E-state index contributed by atoms with van der Waals surface area (Å²) in [4.78, 5) is 28.4. The van der Waals surface area contributed by atoms with Crippen LogP contribution in [0, 0.1) is 0 Å². The van der Waals surface area contributed by atoms with Gasteiger partial charge in [-0.3, -0.25) is 4.79 Å². The van der Waals surface area contributed by atoms with Crippen molar-refractivity contribution >= 4 is 17.7 Å². The Balaban J connectivity index is 1.42. The fraction of sp³-hybridized carbons (Fsp3) is 0.625. The molecule has 1 fully saturated rings. The van der Waals surface area contributed by atoms with Crippen molar-refractivity contribution in [2.75, 3.05) is 6.54 Å². The molecule has 3 atom stereocenters. The van der Waals surface area contributed by atoms with Gasteiger partial charge in [0.05, 0.1) is 12.0 Å². The number of nitrogens with zero attached hydrogens (tertiary/aromatic N) is 1. The average molecular weight is 445 g/mol. The third kappa shape index (κ3) is 5.13. The van der Waals surface area contributed by atoms with E-state index >= 15 is 0 Å². The van der Waals surface area contributed by atoms with E-state index in [-0.39, 0.29) is 36.3 Å². The van der Waals surface area contributed by atoms with E-state index in [1.807, 2.05) is 26.0 Å². The lowest BCUT2D eigenvalue weighted by atomic mass is 9.92. The molecule has 2 heterocycles. The summed E-state index contributed by atoms with van der Waals surface area (Å²) >= 11 is 0. The molecule has 1 saturated carbocycles. The molecule has 1 aromatic rings. The van der Waals surface area contributed by atoms with Crippen LogP contribution in [-0.4, -0.2) is 63.2 Å². The molecule has 174 valence electrons. The van der Waals surface area contributed by atoms with Crippen molar-refractivity contribution in [3.8, 4) is 5.75 Å². The molecule has 2 aliphatic heterocycles. The predicted octanol–water partition coefficient (Wildman–Crippen LogP) is 0.809. The van der Waals surface area contributed by atoms with Crippen LogP contribution < -0.4 is 15.0 Å². The van der Waals surface area contributed by atoms with Gasteiger partial charge in [-0.25, -0.2) is 4.79 Å². The number of rotatable bonds is 7. The number of hydrogen-bond donors (Lipinski definition) is 4. The van der Waals surface area contributed by atoms with Crippen molar-refractivity contribution in [3.63, 3.8) is 0 Å². The standard InChI is InChI=1S/C24H33N3O5/c1-24(2,31)11-12-25-18-5-3-4-6-20(18)32-16-7-8-17-15(13-16)14-27(23(17)30)19-9-10-21(28)26-22(19)29/h7-8,13,18-20,25,31H,3-6,9-12,14H2,1-2H3,(H,26,28,29)/p+1/t18-,19?,20-/m0/s1. The van der Waals surface area contributed by atoms with E-state index in [1.165, 1.54) is 0 Å². The smallest absolute Gasteiger partial charge is 0.388 e. The second-order valence-electron chi connectivity index (χ2n) is 9.80. The number of benzene rings is 1. The molecule has 8 nitrogen and oxygen atoms in total. The van der Waals surface area contributed by atoms with Gasteiger partial charge < -0.3 is 25.2 Å². The van der Waals surface area contributed by atoms with Crippen LogP contribution in [0.25, 0.3) is 0 Å². The van der Waals surface area contributed by atoms with E-state index in [0.717, 1.165) is 43.5 Å². The molecule has 0 radical (unpaired) electrons. The van der Waals surface area contributed by atoms with Gasteiger partial charge in [0.25, 0.3) is 5.91 Å². The molecule has 32 heavy (non-hydrogen) atoms. The fourth-order valence-electron chi connectivity index (χ4n) is 4.85. The Morgan fingerprint density at radius 1 is 1.22 bits per heavy atom. The summed E-state index contributed by atoms with van der Waals surface area (Å²) in [5, 5.41) is 23.7. The molecular weight excluding hydrogens is 410 g/mol. The van der Waals surface area contributed by atoms with Crippen LogP contribution in [0.2, 0.25) is 0 Å². The van der Waals surface area contributed by atoms with E-state index in [2.05, 4.69) is 10.3 Å². The molecule has 8 heteroatoms. The summed E-state index contributed by atoms with van der Waals surface area (Å²) in [5.74, 6) is 0.227. The molecule has 0 spiro atoms. The number of hydrogen-bond acceptors (Lipinski definition) is 5. The summed E-state index contributed by atoms with van der Waals surface area (Å²) in [5.41, 5.74) is 0.800. The maximum atomic E-state index is 12.9. The molecular formula is C24H34N3O5+. The lowest BCUT2D eigenvalue weighted by molar-refractivity contribution is -0.394. The van der Waals surface area contributed by atoms with Crippen molar-refractivity contribution in [2.24, 2.45) is 0 Å². The minimum atomic E-state index is -0.691. The quantitative estimate of drug-likeness (QED) is 0.495. The van der Waals surface area contributed by atoms with Gasteiger partial charge in [0.15, 0.2) is 6.04 Å². The molecule has 3 aliphatic rings. The number of carbonyl (C=O) groups is 2. The number of aliphatic hydroxyl groups excluding tert-OH is 1. The highest BCUT2D eigenvalue weighted by Crippen LogP contribution is 2.31. The van der Waals surface area contributed by atoms with Gasteiger partial charge in [0.2, 0.25) is 0 Å². The SMILES string of the molecule is CC(C)(O)CCN[C@H]1CCCC[C@@H]1Oc1ccc2c(c1)CN(C1CCC(=O)[NH+]=C1O)C2=O. The number of amides is 2. The summed E-state index contributed by atoms with van der Waals surface area (Å²) < 4.78 is 6.36. The summed E-state index contributed by atoms with van der Waals surface area (Å²) in [7, 11) is 0. The number of ether oxygens (including phenoxy) is 1. The van der Waals surface area contributed by atoms with Gasteiger partial charge in [-0.1, -0.05) is 6.42 Å². The van der Waals surface area contributed by atoms with Crippen LogP contribution in [-0.2, 0) is 11.3 Å². The molecule has 1 aromatic carbocycles. The Labute approximate surface area is 188 Å². The van der Waals surface area contributed by atoms with E-state index in [1.54, 1.807) is 11.0 Å². The van der Waals surface area contributed by atoms with Crippen LogP contribution in [0.3, 0.4) is 0 Å². The van der Waals surface area contributed by atoms with Gasteiger partial charge in [0, 0.05) is 18.2 Å². The molecule has 1 aliphatic carbocycles. The lowest BCUT2D eigenvalue weighted by Crippen LogP contribution is -2.82. The molecule has 2 amide bonds. The second-order valence-corrected chi connectivity index (χ2v) is 9.80. The highest BCUT2D eigenvalue weighted by Gasteiger charge is 2.41. The molecule has 4 N–H and O–H groups in total. The van der Waals surface area contributed by atoms with Crippen LogP contribution in [0.15, 0.2) is 18.2 Å². The minimum Gasteiger partial charge on any atom is -0.489 e. The van der Waals surface area contributed by atoms with Crippen molar-refractivity contribution in [1.29, 1.82) is 0 Å². The van der Waals surface area contributed by atoms with Gasteiger partial charge in [0.1, 0.15) is 11.9 Å². The first-order chi connectivity index (χ1) is 15.2. The topological polar surface area (TPSA) is 113 Å². The lowest BCUT2D eigenvalue weighted by Gasteiger charge is -2.33. The van der Waals surface area contributed by atoms with Crippen LogP contribution in [0.5, 0.6) is 5.75 Å². The van der Waals surface area contributed by atoms with Gasteiger partial charge >= 0.3 is 11.8 Å². The average Bonchev–Trinajstić information content (AvgIpc) is 3.04. The second kappa shape index (κ2) is 9.19. The van der Waals surface area contributed by atoms with E-state index in [9.17, 15) is 19.8 Å². The third-order valence-electron chi connectivity index (χ3n) is 6.65. The van der Waals surface area contributed by atoms with E-state index in [0.29, 0.717) is 24.9 Å². The zero-order valence-electron chi connectivity index (χ0n) is 18.9. The highest BCUT2D eigenvalue weighted by molar-refractivity contribution is 6.01. The zero-order valence-corrected chi connectivity index (χ0v) is 18.9. The molecule has 0 aromatic heterocycles. The Morgan fingerprint density at radius 2 is 2.00 bits per heavy atom. The molecule has 1 unspecified atom stereocenters. The van der Waals surface area contributed by atoms with Crippen molar-refractivity contribution in [3.05, 3.63) is 29.3 Å². The summed E-state index contributed by atoms with van der Waals surface area (Å²) in [6.07, 6.45) is 5.71. The maximum Gasteiger partial charge on any atom is 0.388 e. The Kier molecular flexibility index (Phi) is 6.53. The van der Waals surface area contributed by atoms with E-state index in [4.69, 9.17) is 4.74 Å². The third-order valence-corrected chi connectivity index (χ3v) is 6.65. The number of nitrogens with one attached hydrogen (secondary N) is 2. The first-order valence-corrected chi connectivity index (χ1v) is 11.6. The van der Waals surface area contributed by atoms with Crippen LogP contribution in [0.1, 0.15) is 74.7 Å². The zero-order chi connectivity index (χ0) is 22.9. The normalized spacial score (nSPS) is 26.2. The molecule has 0 saturated heterocycles. The molecule has 0 bridgehead atoms. The number of fused-ring (bicyclic) bond motifs is 1. The van der Waals surface area contributed by atoms with Crippen molar-refractivity contribution < 1.29 is 29.5 Å². The van der Waals surface area contributed by atoms with Crippen molar-refractivity contribution in [1.82, 2.24) is 10.2 Å². The Hall–Kier alpha value is -2.45. The minimum absolute atomic E-state index is 0.0442. The first kappa shape index (κ1) is 22.7. The first-order valence-electron chi connectivity index (χ1n) is 11.6. The van der Waals surface area contributed by atoms with Crippen LogP contribution >= 0.6 is 0 Å². The fourth-order valence-corrected chi connectivity index (χ4v) is 4.85. The molecule has 4 rings (SSSR count).